The fraction of sp³-hybridized carbons (Fsp3) is 0.200. The second kappa shape index (κ2) is 8.43. The minimum absolute atomic E-state index is 0.102. The number of carbonyl (C=O) groups excluding carboxylic acids is 1. The first-order valence-corrected chi connectivity index (χ1v) is 9.62. The van der Waals surface area contributed by atoms with Gasteiger partial charge in [0.05, 0.1) is 11.9 Å². The molecule has 26 heavy (non-hydrogen) atoms. The van der Waals surface area contributed by atoms with E-state index in [1.54, 1.807) is 12.3 Å². The van der Waals surface area contributed by atoms with Crippen molar-refractivity contribution in [2.75, 3.05) is 11.1 Å². The molecule has 0 saturated carbocycles. The van der Waals surface area contributed by atoms with E-state index in [0.29, 0.717) is 21.9 Å². The third-order valence-corrected chi connectivity index (χ3v) is 4.86. The standard InChI is InChI=1S/C20H19ClN2O2S/c1-13(2)14-6-8-17(9-7-14)23-19(24)12-26-20-22-11-18(25-20)15-4-3-5-16(21)10-15/h3-11,13H,12H2,1-2H3,(H,23,24). The van der Waals surface area contributed by atoms with E-state index < -0.39 is 0 Å². The van der Waals surface area contributed by atoms with Crippen molar-refractivity contribution >= 4 is 35.0 Å². The minimum Gasteiger partial charge on any atom is -0.431 e. The molecule has 134 valence electrons. The van der Waals surface area contributed by atoms with Gasteiger partial charge in [-0.15, -0.1) is 0 Å². The molecular formula is C20H19ClN2O2S. The van der Waals surface area contributed by atoms with Crippen molar-refractivity contribution in [1.82, 2.24) is 4.98 Å². The van der Waals surface area contributed by atoms with Crippen molar-refractivity contribution in [1.29, 1.82) is 0 Å². The van der Waals surface area contributed by atoms with Crippen LogP contribution in [0.5, 0.6) is 0 Å². The van der Waals surface area contributed by atoms with Crippen LogP contribution in [0.15, 0.2) is 64.4 Å². The first kappa shape index (κ1) is 18.5. The zero-order chi connectivity index (χ0) is 18.5. The van der Waals surface area contributed by atoms with Crippen molar-refractivity contribution < 1.29 is 9.21 Å². The number of benzene rings is 2. The SMILES string of the molecule is CC(C)c1ccc(NC(=O)CSc2ncc(-c3cccc(Cl)c3)o2)cc1. The van der Waals surface area contributed by atoms with E-state index in [4.69, 9.17) is 16.0 Å². The van der Waals surface area contributed by atoms with Crippen LogP contribution in [0.2, 0.25) is 5.02 Å². The Labute approximate surface area is 162 Å². The number of carbonyl (C=O) groups is 1. The number of nitrogens with zero attached hydrogens (tertiary/aromatic N) is 1. The average Bonchev–Trinajstić information content (AvgIpc) is 3.09. The highest BCUT2D eigenvalue weighted by molar-refractivity contribution is 7.99. The number of hydrogen-bond donors (Lipinski definition) is 1. The Morgan fingerprint density at radius 2 is 2.00 bits per heavy atom. The number of anilines is 1. The lowest BCUT2D eigenvalue weighted by molar-refractivity contribution is -0.113. The molecule has 4 nitrogen and oxygen atoms in total. The highest BCUT2D eigenvalue weighted by atomic mass is 35.5. The zero-order valence-electron chi connectivity index (χ0n) is 14.5. The molecule has 0 fully saturated rings. The number of oxazole rings is 1. The second-order valence-corrected chi connectivity index (χ2v) is 7.48. The van der Waals surface area contributed by atoms with Crippen LogP contribution in [0.3, 0.4) is 0 Å². The molecule has 0 atom stereocenters. The van der Waals surface area contributed by atoms with Crippen LogP contribution >= 0.6 is 23.4 Å². The van der Waals surface area contributed by atoms with Crippen molar-refractivity contribution in [2.24, 2.45) is 0 Å². The van der Waals surface area contributed by atoms with Gasteiger partial charge in [0.25, 0.3) is 5.22 Å². The number of hydrogen-bond acceptors (Lipinski definition) is 4. The van der Waals surface area contributed by atoms with Crippen molar-refractivity contribution in [3.8, 4) is 11.3 Å². The zero-order valence-corrected chi connectivity index (χ0v) is 16.1. The number of rotatable bonds is 6. The first-order chi connectivity index (χ1) is 12.5. The summed E-state index contributed by atoms with van der Waals surface area (Å²) < 4.78 is 5.68. The van der Waals surface area contributed by atoms with Crippen LogP contribution in [0.1, 0.15) is 25.3 Å². The van der Waals surface area contributed by atoms with Gasteiger partial charge in [-0.25, -0.2) is 4.98 Å². The van der Waals surface area contributed by atoms with Gasteiger partial charge < -0.3 is 9.73 Å². The molecule has 0 aliphatic rings. The summed E-state index contributed by atoms with van der Waals surface area (Å²) in [5.74, 6) is 1.21. The van der Waals surface area contributed by atoms with Crippen molar-refractivity contribution in [3.63, 3.8) is 0 Å². The summed E-state index contributed by atoms with van der Waals surface area (Å²) in [6.07, 6.45) is 1.64. The summed E-state index contributed by atoms with van der Waals surface area (Å²) in [4.78, 5) is 16.3. The summed E-state index contributed by atoms with van der Waals surface area (Å²) in [5.41, 5.74) is 2.88. The lowest BCUT2D eigenvalue weighted by atomic mass is 10.0. The molecular weight excluding hydrogens is 368 g/mol. The number of halogens is 1. The first-order valence-electron chi connectivity index (χ1n) is 8.25. The predicted molar refractivity (Wildman–Crippen MR) is 107 cm³/mol. The van der Waals surface area contributed by atoms with Crippen molar-refractivity contribution in [3.05, 3.63) is 65.3 Å². The smallest absolute Gasteiger partial charge is 0.256 e. The molecule has 1 amide bonds. The van der Waals surface area contributed by atoms with Gasteiger partial charge in [-0.05, 0) is 35.7 Å². The fourth-order valence-corrected chi connectivity index (χ4v) is 3.17. The fourth-order valence-electron chi connectivity index (χ4n) is 2.38. The third kappa shape index (κ3) is 4.90. The number of aromatic nitrogens is 1. The van der Waals surface area contributed by atoms with Gasteiger partial charge in [-0.2, -0.15) is 0 Å². The molecule has 6 heteroatoms. The topological polar surface area (TPSA) is 55.1 Å². The van der Waals surface area contributed by atoms with Gasteiger partial charge >= 0.3 is 0 Å². The molecule has 1 N–H and O–H groups in total. The van der Waals surface area contributed by atoms with Crippen LogP contribution in [-0.4, -0.2) is 16.6 Å². The van der Waals surface area contributed by atoms with E-state index in [2.05, 4.69) is 24.1 Å². The van der Waals surface area contributed by atoms with E-state index in [9.17, 15) is 4.79 Å². The third-order valence-electron chi connectivity index (χ3n) is 3.78. The molecule has 0 unspecified atom stereocenters. The highest BCUT2D eigenvalue weighted by Crippen LogP contribution is 2.27. The maximum Gasteiger partial charge on any atom is 0.256 e. The molecule has 0 bridgehead atoms. The van der Waals surface area contributed by atoms with E-state index in [-0.39, 0.29) is 11.7 Å². The molecule has 2 aromatic carbocycles. The van der Waals surface area contributed by atoms with Crippen molar-refractivity contribution in [2.45, 2.75) is 25.0 Å². The molecule has 0 saturated heterocycles. The summed E-state index contributed by atoms with van der Waals surface area (Å²) in [6.45, 7) is 4.27. The van der Waals surface area contributed by atoms with Gasteiger partial charge in [0.1, 0.15) is 0 Å². The van der Waals surface area contributed by atoms with E-state index >= 15 is 0 Å². The molecule has 0 aliphatic heterocycles. The largest absolute Gasteiger partial charge is 0.431 e. The normalized spacial score (nSPS) is 10.9. The number of thioether (sulfide) groups is 1. The minimum atomic E-state index is -0.102. The van der Waals surface area contributed by atoms with Gasteiger partial charge in [0.15, 0.2) is 5.76 Å². The summed E-state index contributed by atoms with van der Waals surface area (Å²) >= 11 is 7.24. The number of amides is 1. The summed E-state index contributed by atoms with van der Waals surface area (Å²) in [6, 6.07) is 15.2. The molecule has 0 spiro atoms. The van der Waals surface area contributed by atoms with E-state index in [1.165, 1.54) is 17.3 Å². The lowest BCUT2D eigenvalue weighted by Crippen LogP contribution is -2.13. The van der Waals surface area contributed by atoms with Crippen LogP contribution in [-0.2, 0) is 4.79 Å². The van der Waals surface area contributed by atoms with Gasteiger partial charge in [-0.3, -0.25) is 4.79 Å². The summed E-state index contributed by atoms with van der Waals surface area (Å²) in [5, 5.41) is 3.96. The van der Waals surface area contributed by atoms with Crippen LogP contribution < -0.4 is 5.32 Å². The molecule has 0 radical (unpaired) electrons. The Balaban J connectivity index is 1.55. The Morgan fingerprint density at radius 3 is 2.69 bits per heavy atom. The van der Waals surface area contributed by atoms with Crippen LogP contribution in [0.25, 0.3) is 11.3 Å². The Kier molecular flexibility index (Phi) is 6.01. The van der Waals surface area contributed by atoms with Gasteiger partial charge in [-0.1, -0.05) is 61.5 Å². The number of nitrogens with one attached hydrogen (secondary N) is 1. The molecule has 1 aromatic heterocycles. The lowest BCUT2D eigenvalue weighted by Gasteiger charge is -2.08. The maximum atomic E-state index is 12.1. The Bertz CT molecular complexity index is 891. The summed E-state index contributed by atoms with van der Waals surface area (Å²) in [7, 11) is 0. The maximum absolute atomic E-state index is 12.1. The molecule has 0 aliphatic carbocycles. The average molecular weight is 387 g/mol. The molecule has 3 aromatic rings. The highest BCUT2D eigenvalue weighted by Gasteiger charge is 2.10. The Morgan fingerprint density at radius 1 is 1.23 bits per heavy atom. The van der Waals surface area contributed by atoms with Crippen LogP contribution in [0.4, 0.5) is 5.69 Å². The Hall–Kier alpha value is -2.24. The monoisotopic (exact) mass is 386 g/mol. The molecule has 1 heterocycles. The van der Waals surface area contributed by atoms with Gasteiger partial charge in [0, 0.05) is 16.3 Å². The second-order valence-electron chi connectivity index (χ2n) is 6.11. The van der Waals surface area contributed by atoms with Crippen LogP contribution in [0, 0.1) is 0 Å². The van der Waals surface area contributed by atoms with E-state index in [1.807, 2.05) is 42.5 Å². The quantitative estimate of drug-likeness (QED) is 0.540. The molecule has 3 rings (SSSR count). The predicted octanol–water partition coefficient (Wildman–Crippen LogP) is 5.85. The van der Waals surface area contributed by atoms with E-state index in [0.717, 1.165) is 11.3 Å². The van der Waals surface area contributed by atoms with Gasteiger partial charge in [0.2, 0.25) is 5.91 Å².